The molecule has 2 nitrogen and oxygen atoms in total. The number of piperidine rings is 1. The molecule has 2 rings (SSSR count). The fraction of sp³-hybridized carbons (Fsp3) is 0.462. The maximum absolute atomic E-state index is 13.7. The molecule has 17 heavy (non-hydrogen) atoms. The van der Waals surface area contributed by atoms with E-state index in [-0.39, 0.29) is 11.7 Å². The maximum Gasteiger partial charge on any atom is 0.128 e. The highest BCUT2D eigenvalue weighted by atomic mass is 79.9. The lowest BCUT2D eigenvalue weighted by atomic mass is 9.99. The van der Waals surface area contributed by atoms with Gasteiger partial charge in [0, 0.05) is 29.0 Å². The lowest BCUT2D eigenvalue weighted by Gasteiger charge is -2.30. The number of carbonyl (C=O) groups excluding carboxylic acids is 1. The average molecular weight is 300 g/mol. The van der Waals surface area contributed by atoms with Gasteiger partial charge in [-0.2, -0.15) is 0 Å². The van der Waals surface area contributed by atoms with Crippen LogP contribution in [0.1, 0.15) is 18.4 Å². The quantitative estimate of drug-likeness (QED) is 0.800. The molecule has 1 atom stereocenters. The first-order valence-electron chi connectivity index (χ1n) is 5.80. The smallest absolute Gasteiger partial charge is 0.128 e. The van der Waals surface area contributed by atoms with E-state index in [1.807, 2.05) is 6.07 Å². The summed E-state index contributed by atoms with van der Waals surface area (Å²) in [6.45, 7) is 2.28. The second-order valence-electron chi connectivity index (χ2n) is 4.51. The summed E-state index contributed by atoms with van der Waals surface area (Å²) in [5.74, 6) is -0.0742. The molecular weight excluding hydrogens is 285 g/mol. The van der Waals surface area contributed by atoms with Gasteiger partial charge in [-0.1, -0.05) is 22.0 Å². The van der Waals surface area contributed by atoms with Gasteiger partial charge < -0.3 is 4.79 Å². The van der Waals surface area contributed by atoms with Crippen LogP contribution in [0.2, 0.25) is 0 Å². The number of benzene rings is 1. The van der Waals surface area contributed by atoms with Crippen molar-refractivity contribution in [1.82, 2.24) is 4.90 Å². The summed E-state index contributed by atoms with van der Waals surface area (Å²) >= 11 is 3.24. The van der Waals surface area contributed by atoms with Gasteiger partial charge in [0.25, 0.3) is 0 Å². The molecule has 0 aromatic heterocycles. The van der Waals surface area contributed by atoms with Crippen molar-refractivity contribution < 1.29 is 9.18 Å². The topological polar surface area (TPSA) is 20.3 Å². The summed E-state index contributed by atoms with van der Waals surface area (Å²) in [5, 5.41) is 0. The number of nitrogens with zero attached hydrogens (tertiary/aromatic N) is 1. The van der Waals surface area contributed by atoms with Crippen LogP contribution in [0.4, 0.5) is 4.39 Å². The molecule has 1 unspecified atom stereocenters. The molecule has 0 bridgehead atoms. The molecule has 1 fully saturated rings. The number of hydrogen-bond donors (Lipinski definition) is 0. The van der Waals surface area contributed by atoms with Crippen molar-refractivity contribution in [3.63, 3.8) is 0 Å². The van der Waals surface area contributed by atoms with E-state index in [1.165, 1.54) is 6.07 Å². The highest BCUT2D eigenvalue weighted by molar-refractivity contribution is 9.10. The van der Waals surface area contributed by atoms with Gasteiger partial charge in [-0.3, -0.25) is 4.90 Å². The molecule has 0 amide bonds. The first kappa shape index (κ1) is 12.7. The second-order valence-corrected chi connectivity index (χ2v) is 5.42. The Labute approximate surface area is 109 Å². The Morgan fingerprint density at radius 2 is 2.35 bits per heavy atom. The van der Waals surface area contributed by atoms with Crippen LogP contribution in [0.5, 0.6) is 0 Å². The highest BCUT2D eigenvalue weighted by Crippen LogP contribution is 2.20. The van der Waals surface area contributed by atoms with Gasteiger partial charge in [-0.15, -0.1) is 0 Å². The summed E-state index contributed by atoms with van der Waals surface area (Å²) in [5.41, 5.74) is 0.694. The van der Waals surface area contributed by atoms with Crippen LogP contribution in [-0.2, 0) is 11.3 Å². The largest absolute Gasteiger partial charge is 0.303 e. The minimum atomic E-state index is -0.187. The third-order valence-corrected chi connectivity index (χ3v) is 3.64. The van der Waals surface area contributed by atoms with Gasteiger partial charge in [-0.05, 0) is 31.5 Å². The fourth-order valence-electron chi connectivity index (χ4n) is 2.24. The van der Waals surface area contributed by atoms with Crippen molar-refractivity contribution in [1.29, 1.82) is 0 Å². The zero-order valence-corrected chi connectivity index (χ0v) is 11.1. The van der Waals surface area contributed by atoms with Crippen LogP contribution in [0, 0.1) is 11.7 Å². The molecular formula is C13H15BrFNO. The minimum absolute atomic E-state index is 0.113. The van der Waals surface area contributed by atoms with Crippen molar-refractivity contribution in [2.24, 2.45) is 5.92 Å². The fourth-order valence-corrected chi connectivity index (χ4v) is 2.57. The summed E-state index contributed by atoms with van der Waals surface area (Å²) in [6, 6.07) is 5.12. The van der Waals surface area contributed by atoms with Crippen molar-refractivity contribution in [2.45, 2.75) is 19.4 Å². The molecule has 1 heterocycles. The van der Waals surface area contributed by atoms with E-state index in [0.717, 1.165) is 36.7 Å². The molecule has 1 aromatic rings. The SMILES string of the molecule is O=CC1CCCN(Cc2ccc(Br)cc2F)C1. The minimum Gasteiger partial charge on any atom is -0.303 e. The molecule has 1 aromatic carbocycles. The van der Waals surface area contributed by atoms with Crippen LogP contribution in [-0.4, -0.2) is 24.3 Å². The van der Waals surface area contributed by atoms with Crippen molar-refractivity contribution in [3.8, 4) is 0 Å². The van der Waals surface area contributed by atoms with Crippen molar-refractivity contribution >= 4 is 22.2 Å². The Morgan fingerprint density at radius 1 is 1.53 bits per heavy atom. The molecule has 0 N–H and O–H groups in total. The first-order chi connectivity index (χ1) is 8.19. The van der Waals surface area contributed by atoms with E-state index in [9.17, 15) is 9.18 Å². The van der Waals surface area contributed by atoms with E-state index in [0.29, 0.717) is 12.1 Å². The normalized spacial score (nSPS) is 21.4. The standard InChI is InChI=1S/C13H15BrFNO/c14-12-4-3-11(13(15)6-12)8-16-5-1-2-10(7-16)9-17/h3-4,6,9-10H,1-2,5,7-8H2. The Hall–Kier alpha value is -0.740. The van der Waals surface area contributed by atoms with E-state index >= 15 is 0 Å². The van der Waals surface area contributed by atoms with Crippen molar-refractivity contribution in [3.05, 3.63) is 34.1 Å². The van der Waals surface area contributed by atoms with Gasteiger partial charge >= 0.3 is 0 Å². The third kappa shape index (κ3) is 3.36. The monoisotopic (exact) mass is 299 g/mol. The van der Waals surface area contributed by atoms with Gasteiger partial charge in [0.05, 0.1) is 0 Å². The molecule has 92 valence electrons. The number of likely N-dealkylation sites (tertiary alicyclic amines) is 1. The lowest BCUT2D eigenvalue weighted by molar-refractivity contribution is -0.112. The first-order valence-corrected chi connectivity index (χ1v) is 6.60. The van der Waals surface area contributed by atoms with Crippen LogP contribution in [0.3, 0.4) is 0 Å². The summed E-state index contributed by atoms with van der Waals surface area (Å²) in [6.07, 6.45) is 2.99. The predicted octanol–water partition coefficient (Wildman–Crippen LogP) is 3.00. The number of aldehydes is 1. The zero-order valence-electron chi connectivity index (χ0n) is 9.53. The number of hydrogen-bond acceptors (Lipinski definition) is 2. The van der Waals surface area contributed by atoms with E-state index < -0.39 is 0 Å². The van der Waals surface area contributed by atoms with Crippen LogP contribution >= 0.6 is 15.9 Å². The molecule has 0 aliphatic carbocycles. The molecule has 1 aliphatic rings. The molecule has 4 heteroatoms. The van der Waals surface area contributed by atoms with Crippen LogP contribution in [0.15, 0.2) is 22.7 Å². The molecule has 1 aliphatic heterocycles. The highest BCUT2D eigenvalue weighted by Gasteiger charge is 2.20. The van der Waals surface area contributed by atoms with E-state index in [4.69, 9.17) is 0 Å². The second kappa shape index (κ2) is 5.74. The Balaban J connectivity index is 2.02. The summed E-state index contributed by atoms with van der Waals surface area (Å²) in [7, 11) is 0. The average Bonchev–Trinajstić information content (AvgIpc) is 2.33. The van der Waals surface area contributed by atoms with Crippen LogP contribution < -0.4 is 0 Å². The van der Waals surface area contributed by atoms with E-state index in [2.05, 4.69) is 20.8 Å². The number of halogens is 2. The lowest BCUT2D eigenvalue weighted by Crippen LogP contribution is -2.35. The number of carbonyl (C=O) groups is 1. The van der Waals surface area contributed by atoms with Gasteiger partial charge in [0.1, 0.15) is 12.1 Å². The number of rotatable bonds is 3. The van der Waals surface area contributed by atoms with Crippen LogP contribution in [0.25, 0.3) is 0 Å². The zero-order chi connectivity index (χ0) is 12.3. The molecule has 0 spiro atoms. The van der Waals surface area contributed by atoms with Crippen molar-refractivity contribution in [2.75, 3.05) is 13.1 Å². The molecule has 0 saturated carbocycles. The Bertz CT molecular complexity index is 410. The van der Waals surface area contributed by atoms with Gasteiger partial charge in [-0.25, -0.2) is 4.39 Å². The Morgan fingerprint density at radius 3 is 3.06 bits per heavy atom. The Kier molecular flexibility index (Phi) is 4.29. The predicted molar refractivity (Wildman–Crippen MR) is 68.2 cm³/mol. The summed E-state index contributed by atoms with van der Waals surface area (Å²) in [4.78, 5) is 12.9. The third-order valence-electron chi connectivity index (χ3n) is 3.14. The maximum atomic E-state index is 13.7. The van der Waals surface area contributed by atoms with Gasteiger partial charge in [0.2, 0.25) is 0 Å². The summed E-state index contributed by atoms with van der Waals surface area (Å²) < 4.78 is 14.4. The van der Waals surface area contributed by atoms with E-state index in [1.54, 1.807) is 6.07 Å². The van der Waals surface area contributed by atoms with Gasteiger partial charge in [0.15, 0.2) is 0 Å². The molecule has 0 radical (unpaired) electrons. The molecule has 1 saturated heterocycles.